The van der Waals surface area contributed by atoms with Crippen molar-refractivity contribution in [2.45, 2.75) is 32.6 Å². The number of hydrogen-bond donors (Lipinski definition) is 2. The number of aromatic nitrogens is 1. The van der Waals surface area contributed by atoms with Gasteiger partial charge >= 0.3 is 6.03 Å². The second-order valence-electron chi connectivity index (χ2n) is 11.3. The van der Waals surface area contributed by atoms with Gasteiger partial charge in [-0.1, -0.05) is 49.4 Å². The van der Waals surface area contributed by atoms with Crippen LogP contribution in [-0.4, -0.2) is 77.4 Å². The molecule has 0 saturated heterocycles. The molecule has 0 fully saturated rings. The van der Waals surface area contributed by atoms with Crippen molar-refractivity contribution in [2.24, 2.45) is 13.0 Å². The summed E-state index contributed by atoms with van der Waals surface area (Å²) >= 11 is 0. The largest absolute Gasteiger partial charge is 0.497 e. The normalized spacial score (nSPS) is 17.9. The molecule has 0 saturated carbocycles. The van der Waals surface area contributed by atoms with Gasteiger partial charge in [-0.3, -0.25) is 4.79 Å². The Balaban J connectivity index is 1.51. The maximum absolute atomic E-state index is 14.5. The number of amides is 3. The molecule has 43 heavy (non-hydrogen) atoms. The Bertz CT molecular complexity index is 1600. The van der Waals surface area contributed by atoms with Crippen molar-refractivity contribution < 1.29 is 24.2 Å². The number of rotatable bonds is 6. The van der Waals surface area contributed by atoms with Crippen molar-refractivity contribution in [2.75, 3.05) is 39.2 Å². The quantitative estimate of drug-likeness (QED) is 0.318. The second kappa shape index (κ2) is 12.9. The smallest absolute Gasteiger partial charge is 0.321 e. The Morgan fingerprint density at radius 1 is 1.12 bits per heavy atom. The van der Waals surface area contributed by atoms with Gasteiger partial charge < -0.3 is 34.3 Å². The van der Waals surface area contributed by atoms with Crippen LogP contribution in [0.5, 0.6) is 5.75 Å². The number of aryl methyl sites for hydroxylation is 1. The predicted octanol–water partition coefficient (Wildman–Crippen LogP) is 5.38. The molecule has 1 aromatic heterocycles. The Kier molecular flexibility index (Phi) is 9.03. The maximum atomic E-state index is 14.5. The van der Waals surface area contributed by atoms with E-state index in [4.69, 9.17) is 9.47 Å². The van der Waals surface area contributed by atoms with E-state index in [0.717, 1.165) is 27.6 Å². The van der Waals surface area contributed by atoms with Gasteiger partial charge in [0.05, 0.1) is 32.5 Å². The number of fused-ring (bicyclic) bond motifs is 5. The topological polar surface area (TPSA) is 96.3 Å². The van der Waals surface area contributed by atoms with E-state index in [2.05, 4.69) is 5.32 Å². The van der Waals surface area contributed by atoms with Gasteiger partial charge in [0.25, 0.3) is 5.91 Å². The maximum Gasteiger partial charge on any atom is 0.321 e. The molecule has 9 nitrogen and oxygen atoms in total. The number of urea groups is 1. The number of aliphatic hydroxyl groups excluding tert-OH is 1. The lowest BCUT2D eigenvalue weighted by atomic mass is 9.96. The molecule has 5 rings (SSSR count). The lowest BCUT2D eigenvalue weighted by Gasteiger charge is -2.35. The first-order valence-electron chi connectivity index (χ1n) is 14.6. The minimum Gasteiger partial charge on any atom is -0.497 e. The molecule has 1 aliphatic rings. The second-order valence-corrected chi connectivity index (χ2v) is 11.3. The average Bonchev–Trinajstić information content (AvgIpc) is 3.32. The summed E-state index contributed by atoms with van der Waals surface area (Å²) in [6.45, 7) is 4.66. The summed E-state index contributed by atoms with van der Waals surface area (Å²) in [5.41, 5.74) is 4.94. The zero-order chi connectivity index (χ0) is 30.7. The minimum atomic E-state index is -0.423. The Morgan fingerprint density at radius 2 is 1.81 bits per heavy atom. The molecule has 0 radical (unpaired) electrons. The molecule has 1 aliphatic heterocycles. The Labute approximate surface area is 252 Å². The van der Waals surface area contributed by atoms with Crippen molar-refractivity contribution >= 4 is 28.5 Å². The van der Waals surface area contributed by atoms with Crippen molar-refractivity contribution in [1.82, 2.24) is 14.4 Å². The number of para-hydroxylation sites is 1. The molecule has 3 atom stereocenters. The molecule has 2 N–H and O–H groups in total. The standard InChI is InChI=1S/C34H40N4O5/c1-22-18-38(23(2)20-39)33(40)32-31(28-12-8-9-13-29(28)37(32)4)27-11-7-6-10-24(27)21-43-30(22)19-36(3)34(41)35-25-14-16-26(42-5)17-15-25/h6-17,22-23,30,39H,18-21H2,1-5H3,(H,35,41)/t22-,23+,30-/m1/s1. The van der Waals surface area contributed by atoms with E-state index >= 15 is 0 Å². The van der Waals surface area contributed by atoms with E-state index in [9.17, 15) is 14.7 Å². The van der Waals surface area contributed by atoms with Gasteiger partial charge in [-0.15, -0.1) is 0 Å². The molecule has 3 amide bonds. The van der Waals surface area contributed by atoms with Crippen LogP contribution in [0.2, 0.25) is 0 Å². The van der Waals surface area contributed by atoms with Gasteiger partial charge in [0.1, 0.15) is 11.4 Å². The monoisotopic (exact) mass is 584 g/mol. The highest BCUT2D eigenvalue weighted by molar-refractivity contribution is 6.10. The SMILES string of the molecule is COc1ccc(NC(=O)N(C)C[C@H]2OCc3ccccc3-c3c(n(C)c4ccccc34)C(=O)N([C@@H](C)CO)C[C@H]2C)cc1. The molecule has 0 unspecified atom stereocenters. The van der Waals surface area contributed by atoms with Gasteiger partial charge in [0, 0.05) is 55.3 Å². The number of nitrogens with one attached hydrogen (secondary N) is 1. The predicted molar refractivity (Wildman–Crippen MR) is 168 cm³/mol. The number of carbonyl (C=O) groups excluding carboxylic acids is 2. The van der Waals surface area contributed by atoms with Gasteiger partial charge in [-0.05, 0) is 48.4 Å². The van der Waals surface area contributed by atoms with Gasteiger partial charge in [-0.25, -0.2) is 4.79 Å². The summed E-state index contributed by atoms with van der Waals surface area (Å²) in [4.78, 5) is 31.0. The van der Waals surface area contributed by atoms with Gasteiger partial charge in [0.15, 0.2) is 0 Å². The van der Waals surface area contributed by atoms with Crippen LogP contribution in [0.25, 0.3) is 22.0 Å². The lowest BCUT2D eigenvalue weighted by Crippen LogP contribution is -2.48. The molecule has 3 aromatic carbocycles. The highest BCUT2D eigenvalue weighted by Crippen LogP contribution is 2.38. The zero-order valence-corrected chi connectivity index (χ0v) is 25.4. The fraction of sp³-hybridized carbons (Fsp3) is 0.353. The third-order valence-electron chi connectivity index (χ3n) is 8.37. The average molecular weight is 585 g/mol. The lowest BCUT2D eigenvalue weighted by molar-refractivity contribution is -0.0179. The molecule has 0 bridgehead atoms. The first-order valence-corrected chi connectivity index (χ1v) is 14.6. The fourth-order valence-electron chi connectivity index (χ4n) is 5.77. The van der Waals surface area contributed by atoms with Crippen LogP contribution in [0.3, 0.4) is 0 Å². The summed E-state index contributed by atoms with van der Waals surface area (Å²) < 4.78 is 13.8. The Hall–Kier alpha value is -4.34. The van der Waals surface area contributed by atoms with Crippen molar-refractivity contribution in [1.29, 1.82) is 0 Å². The summed E-state index contributed by atoms with van der Waals surface area (Å²) in [6.07, 6.45) is -0.390. The van der Waals surface area contributed by atoms with Gasteiger partial charge in [0.2, 0.25) is 0 Å². The van der Waals surface area contributed by atoms with Crippen LogP contribution >= 0.6 is 0 Å². The van der Waals surface area contributed by atoms with Crippen molar-refractivity contribution in [3.8, 4) is 16.9 Å². The summed E-state index contributed by atoms with van der Waals surface area (Å²) in [7, 11) is 5.25. The number of methoxy groups -OCH3 is 1. The highest BCUT2D eigenvalue weighted by atomic mass is 16.5. The summed E-state index contributed by atoms with van der Waals surface area (Å²) in [5, 5.41) is 14.1. The van der Waals surface area contributed by atoms with Crippen LogP contribution < -0.4 is 10.1 Å². The number of anilines is 1. The number of aliphatic hydroxyl groups is 1. The van der Waals surface area contributed by atoms with Gasteiger partial charge in [-0.2, -0.15) is 0 Å². The van der Waals surface area contributed by atoms with Crippen molar-refractivity contribution in [3.05, 3.63) is 84.1 Å². The number of likely N-dealkylation sites (N-methyl/N-ethyl adjacent to an activating group) is 1. The van der Waals surface area contributed by atoms with E-state index in [1.165, 1.54) is 0 Å². The van der Waals surface area contributed by atoms with Crippen LogP contribution in [-0.2, 0) is 18.4 Å². The van der Waals surface area contributed by atoms with Crippen LogP contribution in [0.15, 0.2) is 72.8 Å². The number of nitrogens with zero attached hydrogens (tertiary/aromatic N) is 3. The number of ether oxygens (including phenoxy) is 2. The third kappa shape index (κ3) is 6.09. The molecular formula is C34H40N4O5. The minimum absolute atomic E-state index is 0.150. The molecule has 226 valence electrons. The van der Waals surface area contributed by atoms with E-state index in [0.29, 0.717) is 36.8 Å². The summed E-state index contributed by atoms with van der Waals surface area (Å²) in [5.74, 6) is 0.401. The number of benzene rings is 3. The highest BCUT2D eigenvalue weighted by Gasteiger charge is 2.34. The molecule has 0 spiro atoms. The molecule has 0 aliphatic carbocycles. The summed E-state index contributed by atoms with van der Waals surface area (Å²) in [6, 6.07) is 22.5. The molecular weight excluding hydrogens is 544 g/mol. The Morgan fingerprint density at radius 3 is 2.53 bits per heavy atom. The fourth-order valence-corrected chi connectivity index (χ4v) is 5.77. The first-order chi connectivity index (χ1) is 20.7. The number of hydrogen-bond acceptors (Lipinski definition) is 5. The van der Waals surface area contributed by atoms with E-state index in [-0.39, 0.29) is 30.6 Å². The van der Waals surface area contributed by atoms with E-state index in [1.807, 2.05) is 74.0 Å². The first kappa shape index (κ1) is 30.1. The molecule has 9 heteroatoms. The molecule has 4 aromatic rings. The molecule has 2 heterocycles. The van der Waals surface area contributed by atoms with Crippen molar-refractivity contribution in [3.63, 3.8) is 0 Å². The van der Waals surface area contributed by atoms with Crippen LogP contribution in [0.4, 0.5) is 10.5 Å². The van der Waals surface area contributed by atoms with Crippen LogP contribution in [0, 0.1) is 5.92 Å². The van der Waals surface area contributed by atoms with Crippen LogP contribution in [0.1, 0.15) is 29.9 Å². The van der Waals surface area contributed by atoms with E-state index < -0.39 is 6.04 Å². The third-order valence-corrected chi connectivity index (χ3v) is 8.37. The zero-order valence-electron chi connectivity index (χ0n) is 25.4. The number of carbonyl (C=O) groups is 2. The van der Waals surface area contributed by atoms with E-state index in [1.54, 1.807) is 48.2 Å².